The van der Waals surface area contributed by atoms with Crippen LogP contribution >= 0.6 is 22.9 Å². The molecule has 0 bridgehead atoms. The van der Waals surface area contributed by atoms with Gasteiger partial charge in [0.25, 0.3) is 0 Å². The van der Waals surface area contributed by atoms with Crippen molar-refractivity contribution < 1.29 is 0 Å². The molecule has 1 unspecified atom stereocenters. The van der Waals surface area contributed by atoms with Gasteiger partial charge in [0.1, 0.15) is 0 Å². The van der Waals surface area contributed by atoms with Crippen LogP contribution in [0.1, 0.15) is 27.1 Å². The van der Waals surface area contributed by atoms with Crippen molar-refractivity contribution in [1.82, 2.24) is 9.59 Å². The number of nitrogens with two attached hydrogens (primary N) is 1. The van der Waals surface area contributed by atoms with E-state index in [1.165, 1.54) is 22.0 Å². The van der Waals surface area contributed by atoms with E-state index in [1.54, 1.807) is 11.3 Å². The van der Waals surface area contributed by atoms with Crippen LogP contribution in [-0.2, 0) is 0 Å². The summed E-state index contributed by atoms with van der Waals surface area (Å²) in [4.78, 5) is 2.33. The Morgan fingerprint density at radius 3 is 2.71 bits per heavy atom. The van der Waals surface area contributed by atoms with E-state index in [9.17, 15) is 0 Å². The number of hydrogen-bond acceptors (Lipinski definition) is 5. The van der Waals surface area contributed by atoms with Gasteiger partial charge in [-0.2, -0.15) is 0 Å². The molecule has 0 saturated heterocycles. The highest BCUT2D eigenvalue weighted by atomic mass is 32.1. The zero-order valence-electron chi connectivity index (χ0n) is 8.02. The van der Waals surface area contributed by atoms with Crippen LogP contribution in [0.2, 0.25) is 0 Å². The molecule has 0 radical (unpaired) electrons. The van der Waals surface area contributed by atoms with Gasteiger partial charge >= 0.3 is 0 Å². The maximum absolute atomic E-state index is 6.14. The molecule has 2 rings (SSSR count). The van der Waals surface area contributed by atoms with Gasteiger partial charge < -0.3 is 5.73 Å². The van der Waals surface area contributed by atoms with Gasteiger partial charge in [0.15, 0.2) is 0 Å². The van der Waals surface area contributed by atoms with Gasteiger partial charge in [-0.1, -0.05) is 4.49 Å². The van der Waals surface area contributed by atoms with Crippen LogP contribution in [0, 0.1) is 13.8 Å². The minimum atomic E-state index is -0.0683. The first kappa shape index (κ1) is 9.76. The van der Waals surface area contributed by atoms with E-state index in [-0.39, 0.29) is 6.04 Å². The SMILES string of the molecule is Cc1nnsc1C(N)c1ccsc1C. The van der Waals surface area contributed by atoms with Crippen molar-refractivity contribution in [3.63, 3.8) is 0 Å². The van der Waals surface area contributed by atoms with Crippen molar-refractivity contribution >= 4 is 22.9 Å². The summed E-state index contributed by atoms with van der Waals surface area (Å²) in [6.07, 6.45) is 0. The molecular weight excluding hydrogens is 214 g/mol. The number of hydrogen-bond donors (Lipinski definition) is 1. The lowest BCUT2D eigenvalue weighted by atomic mass is 10.1. The molecule has 0 aliphatic heterocycles. The van der Waals surface area contributed by atoms with Crippen molar-refractivity contribution in [3.05, 3.63) is 32.5 Å². The zero-order valence-corrected chi connectivity index (χ0v) is 9.65. The maximum atomic E-state index is 6.14. The first-order valence-electron chi connectivity index (χ1n) is 4.28. The van der Waals surface area contributed by atoms with E-state index < -0.39 is 0 Å². The lowest BCUT2D eigenvalue weighted by molar-refractivity contribution is 0.872. The van der Waals surface area contributed by atoms with E-state index >= 15 is 0 Å². The lowest BCUT2D eigenvalue weighted by Crippen LogP contribution is -2.11. The average Bonchev–Trinajstić information content (AvgIpc) is 2.73. The Labute approximate surface area is 90.8 Å². The Bertz CT molecular complexity index is 392. The highest BCUT2D eigenvalue weighted by Gasteiger charge is 2.17. The predicted molar refractivity (Wildman–Crippen MR) is 59.7 cm³/mol. The predicted octanol–water partition coefficient (Wildman–Crippen LogP) is 2.26. The molecule has 2 aromatic heterocycles. The zero-order chi connectivity index (χ0) is 10.1. The highest BCUT2D eigenvalue weighted by Crippen LogP contribution is 2.28. The lowest BCUT2D eigenvalue weighted by Gasteiger charge is -2.08. The third kappa shape index (κ3) is 1.58. The van der Waals surface area contributed by atoms with Gasteiger partial charge in [0.2, 0.25) is 0 Å². The molecule has 2 aromatic rings. The van der Waals surface area contributed by atoms with Gasteiger partial charge in [-0.05, 0) is 42.4 Å². The van der Waals surface area contributed by atoms with Gasteiger partial charge in [0, 0.05) is 4.88 Å². The average molecular weight is 225 g/mol. The molecule has 0 fully saturated rings. The molecule has 0 aromatic carbocycles. The molecule has 0 aliphatic rings. The molecule has 0 amide bonds. The van der Waals surface area contributed by atoms with Crippen LogP contribution < -0.4 is 5.73 Å². The second-order valence-corrected chi connectivity index (χ2v) is 5.04. The second kappa shape index (κ2) is 3.76. The van der Waals surface area contributed by atoms with Crippen molar-refractivity contribution in [2.24, 2.45) is 5.73 Å². The molecule has 3 nitrogen and oxygen atoms in total. The van der Waals surface area contributed by atoms with Gasteiger partial charge in [-0.25, -0.2) is 0 Å². The summed E-state index contributed by atoms with van der Waals surface area (Å²) in [5.41, 5.74) is 8.27. The van der Waals surface area contributed by atoms with Crippen molar-refractivity contribution in [2.75, 3.05) is 0 Å². The number of aryl methyl sites for hydroxylation is 2. The number of rotatable bonds is 2. The van der Waals surface area contributed by atoms with E-state index in [0.717, 1.165) is 10.6 Å². The van der Waals surface area contributed by atoms with Crippen LogP contribution in [-0.4, -0.2) is 9.59 Å². The first-order chi connectivity index (χ1) is 6.70. The van der Waals surface area contributed by atoms with Crippen molar-refractivity contribution in [2.45, 2.75) is 19.9 Å². The Kier molecular flexibility index (Phi) is 2.62. The highest BCUT2D eigenvalue weighted by molar-refractivity contribution is 7.10. The van der Waals surface area contributed by atoms with Crippen molar-refractivity contribution in [3.8, 4) is 0 Å². The van der Waals surface area contributed by atoms with Crippen LogP contribution in [0.4, 0.5) is 0 Å². The summed E-state index contributed by atoms with van der Waals surface area (Å²) in [7, 11) is 0. The minimum Gasteiger partial charge on any atom is -0.319 e. The third-order valence-corrected chi connectivity index (χ3v) is 3.97. The molecule has 0 saturated carbocycles. The molecule has 0 aliphatic carbocycles. The molecule has 2 heterocycles. The summed E-state index contributed by atoms with van der Waals surface area (Å²) in [6, 6.07) is 2.00. The summed E-state index contributed by atoms with van der Waals surface area (Å²) < 4.78 is 3.90. The fraction of sp³-hybridized carbons (Fsp3) is 0.333. The summed E-state index contributed by atoms with van der Waals surface area (Å²) in [5, 5.41) is 6.03. The number of aromatic nitrogens is 2. The van der Waals surface area contributed by atoms with Gasteiger partial charge in [-0.15, -0.1) is 16.4 Å². The first-order valence-corrected chi connectivity index (χ1v) is 5.94. The Balaban J connectivity index is 2.38. The smallest absolute Gasteiger partial charge is 0.0776 e. The Morgan fingerprint density at radius 2 is 2.21 bits per heavy atom. The molecule has 74 valence electrons. The van der Waals surface area contributed by atoms with E-state index in [0.29, 0.717) is 0 Å². The van der Waals surface area contributed by atoms with E-state index in [4.69, 9.17) is 5.73 Å². The topological polar surface area (TPSA) is 51.8 Å². The van der Waals surface area contributed by atoms with Crippen LogP contribution in [0.3, 0.4) is 0 Å². The second-order valence-electron chi connectivity index (χ2n) is 3.13. The molecule has 1 atom stereocenters. The van der Waals surface area contributed by atoms with Crippen LogP contribution in [0.25, 0.3) is 0 Å². The van der Waals surface area contributed by atoms with Crippen molar-refractivity contribution in [1.29, 1.82) is 0 Å². The minimum absolute atomic E-state index is 0.0683. The molecule has 0 spiro atoms. The summed E-state index contributed by atoms with van der Waals surface area (Å²) in [6.45, 7) is 4.03. The number of thiophene rings is 1. The quantitative estimate of drug-likeness (QED) is 0.853. The fourth-order valence-corrected chi connectivity index (χ4v) is 2.80. The molecule has 14 heavy (non-hydrogen) atoms. The van der Waals surface area contributed by atoms with Gasteiger partial charge in [-0.3, -0.25) is 0 Å². The largest absolute Gasteiger partial charge is 0.319 e. The van der Waals surface area contributed by atoms with E-state index in [2.05, 4.69) is 28.0 Å². The Hall–Kier alpha value is -0.780. The fourth-order valence-electron chi connectivity index (χ4n) is 1.38. The summed E-state index contributed by atoms with van der Waals surface area (Å²) >= 11 is 3.10. The molecule has 5 heteroatoms. The molecule has 2 N–H and O–H groups in total. The standard InChI is InChI=1S/C9H11N3S2/c1-5-9(14-12-11-5)8(10)7-3-4-13-6(7)2/h3-4,8H,10H2,1-2H3. The number of nitrogens with zero attached hydrogens (tertiary/aromatic N) is 2. The monoisotopic (exact) mass is 225 g/mol. The van der Waals surface area contributed by atoms with Crippen LogP contribution in [0.15, 0.2) is 11.4 Å². The van der Waals surface area contributed by atoms with E-state index in [1.807, 2.05) is 6.92 Å². The van der Waals surface area contributed by atoms with Crippen LogP contribution in [0.5, 0.6) is 0 Å². The Morgan fingerprint density at radius 1 is 1.43 bits per heavy atom. The van der Waals surface area contributed by atoms with Gasteiger partial charge in [0.05, 0.1) is 16.6 Å². The third-order valence-electron chi connectivity index (χ3n) is 2.20. The summed E-state index contributed by atoms with van der Waals surface area (Å²) in [5.74, 6) is 0. The maximum Gasteiger partial charge on any atom is 0.0776 e. The molecular formula is C9H11N3S2. The normalized spacial score (nSPS) is 13.1.